The van der Waals surface area contributed by atoms with Gasteiger partial charge in [0.1, 0.15) is 0 Å². The highest BCUT2D eigenvalue weighted by Gasteiger charge is 2.02. The van der Waals surface area contributed by atoms with E-state index >= 15 is 0 Å². The Kier molecular flexibility index (Phi) is 6.59. The number of alkyl halides is 1. The summed E-state index contributed by atoms with van der Waals surface area (Å²) in [6.07, 6.45) is 4.94. The molecule has 0 amide bonds. The molecule has 0 nitrogen and oxygen atoms in total. The quantitative estimate of drug-likeness (QED) is 0.552. The average Bonchev–Trinajstić information content (AvgIpc) is 1.87. The minimum atomic E-state index is -0.608. The van der Waals surface area contributed by atoms with Crippen molar-refractivity contribution in [2.75, 3.05) is 0 Å². The van der Waals surface area contributed by atoms with Crippen molar-refractivity contribution >= 4 is 0 Å². The van der Waals surface area contributed by atoms with E-state index in [2.05, 4.69) is 13.8 Å². The summed E-state index contributed by atoms with van der Waals surface area (Å²) in [5, 5.41) is 0. The van der Waals surface area contributed by atoms with E-state index in [0.29, 0.717) is 0 Å². The first-order valence-corrected chi connectivity index (χ1v) is 4.80. The standard InChI is InChI=1S/C10H21F/c1-4-6-9(2)7-5-8-10(3)11/h9-10H,4-8H2,1-3H3. The summed E-state index contributed by atoms with van der Waals surface area (Å²) < 4.78 is 12.3. The molecular weight excluding hydrogens is 139 g/mol. The van der Waals surface area contributed by atoms with Crippen molar-refractivity contribution in [1.82, 2.24) is 0 Å². The summed E-state index contributed by atoms with van der Waals surface area (Å²) in [6, 6.07) is 0. The van der Waals surface area contributed by atoms with Gasteiger partial charge in [-0.05, 0) is 19.3 Å². The zero-order chi connectivity index (χ0) is 8.69. The molecule has 1 heteroatoms. The van der Waals surface area contributed by atoms with Crippen molar-refractivity contribution in [2.45, 2.75) is 59.0 Å². The monoisotopic (exact) mass is 160 g/mol. The maximum atomic E-state index is 12.3. The molecule has 2 unspecified atom stereocenters. The second kappa shape index (κ2) is 6.63. The van der Waals surface area contributed by atoms with Crippen LogP contribution in [-0.4, -0.2) is 6.17 Å². The molecule has 0 heterocycles. The van der Waals surface area contributed by atoms with Gasteiger partial charge < -0.3 is 0 Å². The van der Waals surface area contributed by atoms with Gasteiger partial charge in [-0.1, -0.05) is 39.5 Å². The summed E-state index contributed by atoms with van der Waals surface area (Å²) in [4.78, 5) is 0. The first kappa shape index (κ1) is 10.9. The van der Waals surface area contributed by atoms with Gasteiger partial charge in [-0.15, -0.1) is 0 Å². The van der Waals surface area contributed by atoms with Gasteiger partial charge >= 0.3 is 0 Å². The van der Waals surface area contributed by atoms with Crippen molar-refractivity contribution in [3.05, 3.63) is 0 Å². The Balaban J connectivity index is 3.10. The van der Waals surface area contributed by atoms with E-state index in [-0.39, 0.29) is 0 Å². The first-order valence-electron chi connectivity index (χ1n) is 4.80. The van der Waals surface area contributed by atoms with Gasteiger partial charge in [-0.25, -0.2) is 4.39 Å². The van der Waals surface area contributed by atoms with Crippen LogP contribution in [0.4, 0.5) is 4.39 Å². The number of hydrogen-bond acceptors (Lipinski definition) is 0. The molecule has 0 aromatic rings. The Morgan fingerprint density at radius 1 is 1.09 bits per heavy atom. The molecule has 0 aliphatic heterocycles. The molecule has 68 valence electrons. The molecule has 0 rings (SSSR count). The lowest BCUT2D eigenvalue weighted by Crippen LogP contribution is -1.97. The molecule has 0 aromatic carbocycles. The van der Waals surface area contributed by atoms with Crippen LogP contribution in [0.3, 0.4) is 0 Å². The Bertz CT molecular complexity index is 78.9. The average molecular weight is 160 g/mol. The number of halogens is 1. The van der Waals surface area contributed by atoms with Crippen LogP contribution in [0.5, 0.6) is 0 Å². The third kappa shape index (κ3) is 7.83. The first-order chi connectivity index (χ1) is 5.16. The van der Waals surface area contributed by atoms with E-state index in [1.165, 1.54) is 19.3 Å². The molecule has 0 aromatic heterocycles. The van der Waals surface area contributed by atoms with Gasteiger partial charge in [0.05, 0.1) is 6.17 Å². The third-order valence-corrected chi connectivity index (χ3v) is 2.08. The smallest absolute Gasteiger partial charge is 0.0973 e. The van der Waals surface area contributed by atoms with Gasteiger partial charge in [0.25, 0.3) is 0 Å². The van der Waals surface area contributed by atoms with Crippen LogP contribution in [0.2, 0.25) is 0 Å². The van der Waals surface area contributed by atoms with Crippen LogP contribution in [0, 0.1) is 5.92 Å². The summed E-state index contributed by atoms with van der Waals surface area (Å²) in [5.41, 5.74) is 0. The largest absolute Gasteiger partial charge is 0.248 e. The fraction of sp³-hybridized carbons (Fsp3) is 1.00. The summed E-state index contributed by atoms with van der Waals surface area (Å²) in [5.74, 6) is 0.791. The molecule has 11 heavy (non-hydrogen) atoms. The second-order valence-corrected chi connectivity index (χ2v) is 3.61. The van der Waals surface area contributed by atoms with E-state index in [1.807, 2.05) is 0 Å². The number of hydrogen-bond donors (Lipinski definition) is 0. The van der Waals surface area contributed by atoms with Crippen LogP contribution >= 0.6 is 0 Å². The molecule has 0 saturated carbocycles. The molecule has 0 saturated heterocycles. The normalized spacial score (nSPS) is 16.4. The lowest BCUT2D eigenvalue weighted by atomic mass is 9.99. The van der Waals surface area contributed by atoms with Gasteiger partial charge in [-0.2, -0.15) is 0 Å². The van der Waals surface area contributed by atoms with Gasteiger partial charge in [0, 0.05) is 0 Å². The predicted octanol–water partition coefficient (Wildman–Crippen LogP) is 3.95. The molecule has 0 aliphatic carbocycles. The highest BCUT2D eigenvalue weighted by Crippen LogP contribution is 2.14. The summed E-state index contributed by atoms with van der Waals surface area (Å²) in [7, 11) is 0. The van der Waals surface area contributed by atoms with Crippen molar-refractivity contribution < 1.29 is 4.39 Å². The van der Waals surface area contributed by atoms with Crippen LogP contribution < -0.4 is 0 Å². The summed E-state index contributed by atoms with van der Waals surface area (Å²) >= 11 is 0. The van der Waals surface area contributed by atoms with E-state index in [4.69, 9.17) is 0 Å². The Labute approximate surface area is 70.2 Å². The Hall–Kier alpha value is -0.0700. The minimum absolute atomic E-state index is 0.608. The maximum absolute atomic E-state index is 12.3. The van der Waals surface area contributed by atoms with Crippen LogP contribution in [0.1, 0.15) is 52.9 Å². The van der Waals surface area contributed by atoms with Crippen LogP contribution in [0.25, 0.3) is 0 Å². The van der Waals surface area contributed by atoms with Crippen molar-refractivity contribution in [1.29, 1.82) is 0 Å². The lowest BCUT2D eigenvalue weighted by Gasteiger charge is -2.09. The Morgan fingerprint density at radius 3 is 2.18 bits per heavy atom. The van der Waals surface area contributed by atoms with Gasteiger partial charge in [0.15, 0.2) is 0 Å². The van der Waals surface area contributed by atoms with Crippen molar-refractivity contribution in [3.8, 4) is 0 Å². The number of rotatable bonds is 6. The molecule has 0 N–H and O–H groups in total. The predicted molar refractivity (Wildman–Crippen MR) is 48.5 cm³/mol. The van der Waals surface area contributed by atoms with E-state index in [9.17, 15) is 4.39 Å². The zero-order valence-electron chi connectivity index (χ0n) is 8.07. The lowest BCUT2D eigenvalue weighted by molar-refractivity contribution is 0.319. The summed E-state index contributed by atoms with van der Waals surface area (Å²) in [6.45, 7) is 6.10. The van der Waals surface area contributed by atoms with E-state index in [1.54, 1.807) is 6.92 Å². The minimum Gasteiger partial charge on any atom is -0.248 e. The van der Waals surface area contributed by atoms with Gasteiger partial charge in [0.2, 0.25) is 0 Å². The highest BCUT2D eigenvalue weighted by atomic mass is 19.1. The fourth-order valence-corrected chi connectivity index (χ4v) is 1.38. The molecule has 2 atom stereocenters. The van der Waals surface area contributed by atoms with Crippen molar-refractivity contribution in [3.63, 3.8) is 0 Å². The molecule has 0 bridgehead atoms. The fourth-order valence-electron chi connectivity index (χ4n) is 1.38. The molecular formula is C10H21F. The van der Waals surface area contributed by atoms with Gasteiger partial charge in [-0.3, -0.25) is 0 Å². The molecule has 0 radical (unpaired) electrons. The molecule has 0 spiro atoms. The van der Waals surface area contributed by atoms with E-state index in [0.717, 1.165) is 18.8 Å². The Morgan fingerprint density at radius 2 is 1.73 bits per heavy atom. The van der Waals surface area contributed by atoms with Crippen LogP contribution in [0.15, 0.2) is 0 Å². The van der Waals surface area contributed by atoms with Crippen molar-refractivity contribution in [2.24, 2.45) is 5.92 Å². The van der Waals surface area contributed by atoms with Crippen LogP contribution in [-0.2, 0) is 0 Å². The highest BCUT2D eigenvalue weighted by molar-refractivity contribution is 4.54. The third-order valence-electron chi connectivity index (χ3n) is 2.08. The maximum Gasteiger partial charge on any atom is 0.0973 e. The zero-order valence-corrected chi connectivity index (χ0v) is 8.07. The second-order valence-electron chi connectivity index (χ2n) is 3.61. The molecule has 0 aliphatic rings. The van der Waals surface area contributed by atoms with E-state index < -0.39 is 6.17 Å². The SMILES string of the molecule is CCCC(C)CCCC(C)F. The topological polar surface area (TPSA) is 0 Å². The molecule has 0 fully saturated rings.